The van der Waals surface area contributed by atoms with Crippen LogP contribution in [0.1, 0.15) is 33.1 Å². The molecular formula is C15H20N4. The minimum absolute atomic E-state index is 0.627. The van der Waals surface area contributed by atoms with Gasteiger partial charge in [0.15, 0.2) is 5.65 Å². The molecule has 1 atom stereocenters. The Morgan fingerprint density at radius 1 is 1.26 bits per heavy atom. The predicted octanol–water partition coefficient (Wildman–Crippen LogP) is 3.04. The lowest BCUT2D eigenvalue weighted by molar-refractivity contribution is 0.493. The van der Waals surface area contributed by atoms with Gasteiger partial charge in [0, 0.05) is 25.0 Å². The molecule has 0 spiro atoms. The second-order valence-electron chi connectivity index (χ2n) is 5.69. The smallest absolute Gasteiger partial charge is 0.180 e. The highest BCUT2D eigenvalue weighted by Crippen LogP contribution is 2.28. The van der Waals surface area contributed by atoms with Gasteiger partial charge in [-0.05, 0) is 37.3 Å². The van der Waals surface area contributed by atoms with Crippen molar-refractivity contribution >= 4 is 17.0 Å². The van der Waals surface area contributed by atoms with Gasteiger partial charge in [0.2, 0.25) is 0 Å². The molecule has 1 unspecified atom stereocenters. The van der Waals surface area contributed by atoms with Crippen LogP contribution in [-0.4, -0.2) is 27.5 Å². The van der Waals surface area contributed by atoms with E-state index in [0.29, 0.717) is 6.04 Å². The van der Waals surface area contributed by atoms with Crippen molar-refractivity contribution in [2.45, 2.75) is 39.2 Å². The molecule has 0 amide bonds. The van der Waals surface area contributed by atoms with Crippen LogP contribution in [0.3, 0.4) is 0 Å². The highest BCUT2D eigenvalue weighted by Gasteiger charge is 2.26. The summed E-state index contributed by atoms with van der Waals surface area (Å²) in [6.07, 6.45) is 7.19. The molecule has 0 saturated carbocycles. The monoisotopic (exact) mass is 256 g/mol. The van der Waals surface area contributed by atoms with Crippen molar-refractivity contribution in [3.05, 3.63) is 24.5 Å². The molecule has 3 rings (SSSR count). The van der Waals surface area contributed by atoms with Gasteiger partial charge in [0.05, 0.1) is 0 Å². The lowest BCUT2D eigenvalue weighted by atomic mass is 10.0. The third kappa shape index (κ3) is 2.53. The van der Waals surface area contributed by atoms with E-state index in [-0.39, 0.29) is 0 Å². The van der Waals surface area contributed by atoms with Crippen LogP contribution in [-0.2, 0) is 0 Å². The average Bonchev–Trinajstić information content (AvgIpc) is 2.85. The first-order chi connectivity index (χ1) is 9.24. The van der Waals surface area contributed by atoms with Gasteiger partial charge in [-0.15, -0.1) is 0 Å². The summed E-state index contributed by atoms with van der Waals surface area (Å²) >= 11 is 0. The van der Waals surface area contributed by atoms with E-state index in [0.717, 1.165) is 29.4 Å². The van der Waals surface area contributed by atoms with Gasteiger partial charge in [-0.1, -0.05) is 13.8 Å². The van der Waals surface area contributed by atoms with Crippen LogP contribution >= 0.6 is 0 Å². The van der Waals surface area contributed by atoms with Crippen LogP contribution in [0.2, 0.25) is 0 Å². The molecule has 1 aliphatic heterocycles. The second kappa shape index (κ2) is 5.11. The fraction of sp³-hybridized carbons (Fsp3) is 0.533. The number of hydrogen-bond acceptors (Lipinski definition) is 4. The number of rotatable bonds is 3. The topological polar surface area (TPSA) is 41.9 Å². The molecule has 19 heavy (non-hydrogen) atoms. The Labute approximate surface area is 113 Å². The Bertz CT molecular complexity index is 567. The largest absolute Gasteiger partial charge is 0.354 e. The quantitative estimate of drug-likeness (QED) is 0.846. The average molecular weight is 256 g/mol. The SMILES string of the molecule is CC(C)CC1CCCN1c1ccc2nccnc2n1. The van der Waals surface area contributed by atoms with E-state index in [1.165, 1.54) is 19.3 Å². The Kier molecular flexibility index (Phi) is 3.32. The Hall–Kier alpha value is -1.71. The van der Waals surface area contributed by atoms with E-state index in [9.17, 15) is 0 Å². The third-order valence-corrected chi connectivity index (χ3v) is 3.73. The first-order valence-electron chi connectivity index (χ1n) is 7.08. The van der Waals surface area contributed by atoms with E-state index < -0.39 is 0 Å². The zero-order valence-corrected chi connectivity index (χ0v) is 11.6. The maximum absolute atomic E-state index is 4.67. The van der Waals surface area contributed by atoms with Crippen molar-refractivity contribution in [3.8, 4) is 0 Å². The van der Waals surface area contributed by atoms with Gasteiger partial charge in [-0.2, -0.15) is 0 Å². The number of anilines is 1. The lowest BCUT2D eigenvalue weighted by Gasteiger charge is -2.27. The summed E-state index contributed by atoms with van der Waals surface area (Å²) < 4.78 is 0. The number of nitrogens with zero attached hydrogens (tertiary/aromatic N) is 4. The Balaban J connectivity index is 1.90. The van der Waals surface area contributed by atoms with Crippen molar-refractivity contribution in [2.75, 3.05) is 11.4 Å². The van der Waals surface area contributed by atoms with Gasteiger partial charge in [0.1, 0.15) is 11.3 Å². The summed E-state index contributed by atoms with van der Waals surface area (Å²) in [6.45, 7) is 5.68. The summed E-state index contributed by atoms with van der Waals surface area (Å²) in [4.78, 5) is 15.7. The molecule has 1 saturated heterocycles. The molecule has 3 heterocycles. The van der Waals surface area contributed by atoms with E-state index in [2.05, 4.69) is 39.8 Å². The fourth-order valence-corrected chi connectivity index (χ4v) is 2.93. The maximum atomic E-state index is 4.67. The van der Waals surface area contributed by atoms with E-state index in [4.69, 9.17) is 0 Å². The van der Waals surface area contributed by atoms with Crippen molar-refractivity contribution < 1.29 is 0 Å². The van der Waals surface area contributed by atoms with Gasteiger partial charge < -0.3 is 4.90 Å². The molecule has 0 radical (unpaired) electrons. The molecule has 0 aromatic carbocycles. The second-order valence-corrected chi connectivity index (χ2v) is 5.69. The zero-order chi connectivity index (χ0) is 13.2. The number of fused-ring (bicyclic) bond motifs is 1. The molecule has 2 aromatic rings. The Morgan fingerprint density at radius 3 is 2.95 bits per heavy atom. The summed E-state index contributed by atoms with van der Waals surface area (Å²) in [6, 6.07) is 4.73. The molecule has 2 aromatic heterocycles. The molecule has 0 aliphatic carbocycles. The highest BCUT2D eigenvalue weighted by atomic mass is 15.2. The highest BCUT2D eigenvalue weighted by molar-refractivity contribution is 5.71. The molecule has 100 valence electrons. The van der Waals surface area contributed by atoms with Gasteiger partial charge in [-0.3, -0.25) is 4.98 Å². The normalized spacial score (nSPS) is 19.5. The van der Waals surface area contributed by atoms with Crippen LogP contribution in [0.4, 0.5) is 5.82 Å². The summed E-state index contributed by atoms with van der Waals surface area (Å²) in [5, 5.41) is 0. The van der Waals surface area contributed by atoms with E-state index in [1.807, 2.05) is 6.07 Å². The molecule has 1 fully saturated rings. The first kappa shape index (κ1) is 12.3. The predicted molar refractivity (Wildman–Crippen MR) is 77.2 cm³/mol. The van der Waals surface area contributed by atoms with Gasteiger partial charge in [0.25, 0.3) is 0 Å². The molecule has 0 bridgehead atoms. The van der Waals surface area contributed by atoms with Crippen LogP contribution in [0.15, 0.2) is 24.5 Å². The van der Waals surface area contributed by atoms with Crippen molar-refractivity contribution in [2.24, 2.45) is 5.92 Å². The maximum Gasteiger partial charge on any atom is 0.180 e. The zero-order valence-electron chi connectivity index (χ0n) is 11.6. The summed E-state index contributed by atoms with van der Waals surface area (Å²) in [5.74, 6) is 1.78. The van der Waals surface area contributed by atoms with Crippen LogP contribution in [0, 0.1) is 5.92 Å². The van der Waals surface area contributed by atoms with Crippen LogP contribution < -0.4 is 4.90 Å². The molecule has 0 N–H and O–H groups in total. The van der Waals surface area contributed by atoms with Crippen molar-refractivity contribution in [1.82, 2.24) is 15.0 Å². The van der Waals surface area contributed by atoms with Crippen LogP contribution in [0.5, 0.6) is 0 Å². The summed E-state index contributed by atoms with van der Waals surface area (Å²) in [7, 11) is 0. The molecule has 4 heteroatoms. The number of hydrogen-bond donors (Lipinski definition) is 0. The van der Waals surface area contributed by atoms with Crippen molar-refractivity contribution in [3.63, 3.8) is 0 Å². The minimum atomic E-state index is 0.627. The number of pyridine rings is 1. The first-order valence-corrected chi connectivity index (χ1v) is 7.08. The molecular weight excluding hydrogens is 236 g/mol. The Morgan fingerprint density at radius 2 is 2.11 bits per heavy atom. The lowest BCUT2D eigenvalue weighted by Crippen LogP contribution is -2.31. The van der Waals surface area contributed by atoms with Crippen molar-refractivity contribution in [1.29, 1.82) is 0 Å². The third-order valence-electron chi connectivity index (χ3n) is 3.73. The summed E-state index contributed by atoms with van der Waals surface area (Å²) in [5.41, 5.74) is 1.61. The molecule has 4 nitrogen and oxygen atoms in total. The minimum Gasteiger partial charge on any atom is -0.354 e. The fourth-order valence-electron chi connectivity index (χ4n) is 2.93. The van der Waals surface area contributed by atoms with Gasteiger partial charge >= 0.3 is 0 Å². The van der Waals surface area contributed by atoms with E-state index in [1.54, 1.807) is 12.4 Å². The van der Waals surface area contributed by atoms with E-state index >= 15 is 0 Å². The van der Waals surface area contributed by atoms with Gasteiger partial charge in [-0.25, -0.2) is 9.97 Å². The van der Waals surface area contributed by atoms with Crippen LogP contribution in [0.25, 0.3) is 11.2 Å². The molecule has 1 aliphatic rings. The standard InChI is InChI=1S/C15H20N4/c1-11(2)10-12-4-3-9-19(12)14-6-5-13-15(18-14)17-8-7-16-13/h5-8,11-12H,3-4,9-10H2,1-2H3. The number of aromatic nitrogens is 3.